The van der Waals surface area contributed by atoms with E-state index in [4.69, 9.17) is 16.3 Å². The quantitative estimate of drug-likeness (QED) is 0.780. The summed E-state index contributed by atoms with van der Waals surface area (Å²) in [5, 5.41) is 0.0193. The number of carbonyl (C=O) groups is 1. The minimum atomic E-state index is -4.48. The lowest BCUT2D eigenvalue weighted by atomic mass is 10.1. The van der Waals surface area contributed by atoms with Crippen LogP contribution in [-0.2, 0) is 11.0 Å². The van der Waals surface area contributed by atoms with Crippen molar-refractivity contribution in [3.05, 3.63) is 35.0 Å². The Labute approximate surface area is 117 Å². The maximum absolute atomic E-state index is 12.7. The third kappa shape index (κ3) is 2.85. The second-order valence-electron chi connectivity index (χ2n) is 3.99. The number of alkyl halides is 3. The number of hydrogen-bond acceptors (Lipinski definition) is 3. The minimum absolute atomic E-state index is 0.0506. The normalized spacial score (nSPS) is 11.7. The first-order chi connectivity index (χ1) is 9.32. The van der Waals surface area contributed by atoms with Gasteiger partial charge in [-0.2, -0.15) is 13.2 Å². The van der Waals surface area contributed by atoms with Gasteiger partial charge in [0.15, 0.2) is 5.75 Å². The first kappa shape index (κ1) is 14.6. The maximum atomic E-state index is 12.7. The lowest BCUT2D eigenvalue weighted by Crippen LogP contribution is -2.07. The van der Waals surface area contributed by atoms with Gasteiger partial charge in [-0.15, -0.1) is 0 Å². The van der Waals surface area contributed by atoms with Gasteiger partial charge in [0, 0.05) is 11.8 Å². The summed E-state index contributed by atoms with van der Waals surface area (Å²) in [6.45, 7) is 1.59. The van der Waals surface area contributed by atoms with E-state index in [0.717, 1.165) is 12.1 Å². The number of aromatic nitrogens is 1. The lowest BCUT2D eigenvalue weighted by Gasteiger charge is -2.10. The molecule has 0 unspecified atom stereocenters. The second-order valence-corrected chi connectivity index (χ2v) is 4.37. The number of halogens is 4. The minimum Gasteiger partial charge on any atom is -0.423 e. The average molecular weight is 304 g/mol. The molecule has 0 spiro atoms. The maximum Gasteiger partial charge on any atom is 0.416 e. The number of rotatable bonds is 2. The van der Waals surface area contributed by atoms with Gasteiger partial charge in [0.2, 0.25) is 0 Å². The Balaban J connectivity index is 2.55. The molecule has 2 aromatic rings. The van der Waals surface area contributed by atoms with Crippen LogP contribution in [0, 0.1) is 0 Å². The Morgan fingerprint density at radius 2 is 2.10 bits per heavy atom. The van der Waals surface area contributed by atoms with E-state index >= 15 is 0 Å². The molecule has 0 aliphatic rings. The molecule has 0 saturated carbocycles. The van der Waals surface area contributed by atoms with E-state index in [1.807, 2.05) is 0 Å². The van der Waals surface area contributed by atoms with Crippen LogP contribution in [0.4, 0.5) is 13.2 Å². The van der Waals surface area contributed by atoms with Crippen LogP contribution in [0.25, 0.3) is 10.9 Å². The van der Waals surface area contributed by atoms with Crippen LogP contribution in [0.1, 0.15) is 18.9 Å². The van der Waals surface area contributed by atoms with Gasteiger partial charge in [0.1, 0.15) is 0 Å². The fourth-order valence-electron chi connectivity index (χ4n) is 1.58. The molecule has 20 heavy (non-hydrogen) atoms. The van der Waals surface area contributed by atoms with Gasteiger partial charge in [-0.05, 0) is 18.2 Å². The number of nitrogens with zero attached hydrogens (tertiary/aromatic N) is 1. The Hall–Kier alpha value is -1.82. The van der Waals surface area contributed by atoms with Crippen LogP contribution in [0.15, 0.2) is 24.4 Å². The van der Waals surface area contributed by atoms with E-state index < -0.39 is 17.7 Å². The van der Waals surface area contributed by atoms with Crippen LogP contribution in [-0.4, -0.2) is 11.0 Å². The van der Waals surface area contributed by atoms with Gasteiger partial charge in [-0.25, -0.2) is 0 Å². The van der Waals surface area contributed by atoms with Gasteiger partial charge < -0.3 is 4.74 Å². The van der Waals surface area contributed by atoms with Crippen molar-refractivity contribution in [2.24, 2.45) is 0 Å². The molecule has 2 rings (SSSR count). The monoisotopic (exact) mass is 303 g/mol. The highest BCUT2D eigenvalue weighted by Crippen LogP contribution is 2.36. The van der Waals surface area contributed by atoms with Crippen LogP contribution >= 0.6 is 11.6 Å². The van der Waals surface area contributed by atoms with Gasteiger partial charge >= 0.3 is 12.1 Å². The zero-order valence-electron chi connectivity index (χ0n) is 10.3. The van der Waals surface area contributed by atoms with Gasteiger partial charge in [-0.1, -0.05) is 18.5 Å². The molecule has 0 bridgehead atoms. The number of benzene rings is 1. The van der Waals surface area contributed by atoms with Crippen molar-refractivity contribution in [3.63, 3.8) is 0 Å². The second kappa shape index (κ2) is 5.28. The number of fused-ring (bicyclic) bond motifs is 1. The van der Waals surface area contributed by atoms with Crippen LogP contribution in [0.3, 0.4) is 0 Å². The van der Waals surface area contributed by atoms with E-state index in [9.17, 15) is 18.0 Å². The van der Waals surface area contributed by atoms with Gasteiger partial charge in [0.25, 0.3) is 0 Å². The van der Waals surface area contributed by atoms with E-state index in [-0.39, 0.29) is 22.6 Å². The van der Waals surface area contributed by atoms with Crippen LogP contribution in [0.5, 0.6) is 5.75 Å². The molecule has 0 atom stereocenters. The molecular weight excluding hydrogens is 295 g/mol. The van der Waals surface area contributed by atoms with E-state index in [2.05, 4.69) is 4.98 Å². The smallest absolute Gasteiger partial charge is 0.416 e. The molecule has 3 nitrogen and oxygen atoms in total. The number of pyridine rings is 1. The fourth-order valence-corrected chi connectivity index (χ4v) is 1.82. The summed E-state index contributed by atoms with van der Waals surface area (Å²) in [6, 6.07) is 3.02. The van der Waals surface area contributed by atoms with E-state index in [1.165, 1.54) is 12.3 Å². The van der Waals surface area contributed by atoms with Crippen molar-refractivity contribution in [1.82, 2.24) is 4.98 Å². The van der Waals surface area contributed by atoms with Crippen molar-refractivity contribution in [2.45, 2.75) is 19.5 Å². The largest absolute Gasteiger partial charge is 0.423 e. The molecule has 0 saturated heterocycles. The molecule has 0 fully saturated rings. The lowest BCUT2D eigenvalue weighted by molar-refractivity contribution is -0.137. The topological polar surface area (TPSA) is 39.2 Å². The molecule has 0 aliphatic heterocycles. The van der Waals surface area contributed by atoms with Gasteiger partial charge in [-0.3, -0.25) is 9.78 Å². The zero-order chi connectivity index (χ0) is 14.9. The zero-order valence-corrected chi connectivity index (χ0v) is 11.0. The SMILES string of the molecule is CCC(=O)Oc1cnc2ccc(C(F)(F)F)cc2c1Cl. The predicted octanol–water partition coefficient (Wildman–Crippen LogP) is 4.22. The molecule has 1 aromatic heterocycles. The summed E-state index contributed by atoms with van der Waals surface area (Å²) in [7, 11) is 0. The van der Waals surface area contributed by atoms with Crippen molar-refractivity contribution in [3.8, 4) is 5.75 Å². The summed E-state index contributed by atoms with van der Waals surface area (Å²) in [5.74, 6) is -0.592. The summed E-state index contributed by atoms with van der Waals surface area (Å²) >= 11 is 5.98. The van der Waals surface area contributed by atoms with Gasteiger partial charge in [0.05, 0.1) is 22.3 Å². The average Bonchev–Trinajstić information content (AvgIpc) is 2.40. The highest BCUT2D eigenvalue weighted by atomic mass is 35.5. The Morgan fingerprint density at radius 1 is 1.40 bits per heavy atom. The molecule has 0 amide bonds. The molecule has 1 heterocycles. The number of ether oxygens (including phenoxy) is 1. The summed E-state index contributed by atoms with van der Waals surface area (Å²) in [5.41, 5.74) is -0.549. The van der Waals surface area contributed by atoms with Crippen LogP contribution < -0.4 is 4.74 Å². The first-order valence-electron chi connectivity index (χ1n) is 5.69. The summed E-state index contributed by atoms with van der Waals surface area (Å²) in [6.07, 6.45) is -3.14. The third-order valence-corrected chi connectivity index (χ3v) is 3.00. The van der Waals surface area contributed by atoms with Crippen molar-refractivity contribution < 1.29 is 22.7 Å². The highest BCUT2D eigenvalue weighted by Gasteiger charge is 2.30. The third-order valence-electron chi connectivity index (χ3n) is 2.61. The molecule has 0 N–H and O–H groups in total. The predicted molar refractivity (Wildman–Crippen MR) is 67.7 cm³/mol. The molecule has 0 aliphatic carbocycles. The Bertz CT molecular complexity index is 670. The molecular formula is C13H9ClF3NO2. The first-order valence-corrected chi connectivity index (χ1v) is 6.07. The molecule has 1 aromatic carbocycles. The van der Waals surface area contributed by atoms with E-state index in [0.29, 0.717) is 5.52 Å². The fraction of sp³-hybridized carbons (Fsp3) is 0.231. The summed E-state index contributed by atoms with van der Waals surface area (Å²) in [4.78, 5) is 15.1. The molecule has 106 valence electrons. The van der Waals surface area contributed by atoms with Crippen molar-refractivity contribution in [2.75, 3.05) is 0 Å². The van der Waals surface area contributed by atoms with Crippen molar-refractivity contribution >= 4 is 28.5 Å². The Morgan fingerprint density at radius 3 is 2.70 bits per heavy atom. The Kier molecular flexibility index (Phi) is 3.85. The standard InChI is InChI=1S/C13H9ClF3NO2/c1-2-11(19)20-10-6-18-9-4-3-7(13(15,16)17)5-8(9)12(10)14/h3-6H,2H2,1H3. The molecule has 0 radical (unpaired) electrons. The number of esters is 1. The molecule has 7 heteroatoms. The number of carbonyl (C=O) groups excluding carboxylic acids is 1. The van der Waals surface area contributed by atoms with Crippen LogP contribution in [0.2, 0.25) is 5.02 Å². The summed E-state index contributed by atoms with van der Waals surface area (Å²) < 4.78 is 42.9. The highest BCUT2D eigenvalue weighted by molar-refractivity contribution is 6.36. The van der Waals surface area contributed by atoms with E-state index in [1.54, 1.807) is 6.92 Å². The van der Waals surface area contributed by atoms with Crippen molar-refractivity contribution in [1.29, 1.82) is 0 Å². The number of hydrogen-bond donors (Lipinski definition) is 0.